The Morgan fingerprint density at radius 1 is 1.06 bits per heavy atom. The van der Waals surface area contributed by atoms with Crippen molar-refractivity contribution in [2.75, 3.05) is 31.0 Å². The van der Waals surface area contributed by atoms with Crippen LogP contribution in [0, 0.1) is 0 Å². The molecule has 32 heavy (non-hydrogen) atoms. The minimum absolute atomic E-state index is 0.0731. The molecule has 1 aliphatic rings. The van der Waals surface area contributed by atoms with Gasteiger partial charge in [0.25, 0.3) is 0 Å². The molecule has 0 spiro atoms. The average Bonchev–Trinajstić information content (AvgIpc) is 2.82. The summed E-state index contributed by atoms with van der Waals surface area (Å²) in [5.41, 5.74) is 5.22. The third-order valence-electron chi connectivity index (χ3n) is 6.17. The van der Waals surface area contributed by atoms with Crippen molar-refractivity contribution in [2.45, 2.75) is 31.7 Å². The van der Waals surface area contributed by atoms with Gasteiger partial charge in [-0.15, -0.1) is 0 Å². The Balaban J connectivity index is 1.71. The topological polar surface area (TPSA) is 32.8 Å². The van der Waals surface area contributed by atoms with Crippen LogP contribution in [0.2, 0.25) is 5.02 Å². The summed E-state index contributed by atoms with van der Waals surface area (Å²) in [4.78, 5) is 17.9. The number of hydrogen-bond donors (Lipinski definition) is 0. The van der Waals surface area contributed by atoms with Crippen LogP contribution in [0.4, 0.5) is 11.4 Å². The minimum Gasteiger partial charge on any atom is -0.497 e. The molecule has 0 aromatic heterocycles. The van der Waals surface area contributed by atoms with Gasteiger partial charge in [0, 0.05) is 19.8 Å². The molecule has 0 saturated carbocycles. The molecule has 166 valence electrons. The lowest BCUT2D eigenvalue weighted by Crippen LogP contribution is -2.36. The Hall–Kier alpha value is -2.98. The van der Waals surface area contributed by atoms with Crippen LogP contribution in [0.25, 0.3) is 0 Å². The quantitative estimate of drug-likeness (QED) is 0.459. The van der Waals surface area contributed by atoms with Gasteiger partial charge in [0.05, 0.1) is 30.3 Å². The fourth-order valence-corrected chi connectivity index (χ4v) is 4.62. The number of carbonyl (C=O) groups excluding carboxylic acids is 1. The Kier molecular flexibility index (Phi) is 6.71. The first kappa shape index (κ1) is 22.2. The van der Waals surface area contributed by atoms with Crippen LogP contribution in [-0.4, -0.2) is 27.1 Å². The number of anilines is 2. The Morgan fingerprint density at radius 2 is 1.81 bits per heavy atom. The Morgan fingerprint density at radius 3 is 2.50 bits per heavy atom. The van der Waals surface area contributed by atoms with E-state index in [1.165, 1.54) is 5.56 Å². The van der Waals surface area contributed by atoms with E-state index in [-0.39, 0.29) is 11.8 Å². The lowest BCUT2D eigenvalue weighted by Gasteiger charge is -2.32. The van der Waals surface area contributed by atoms with Gasteiger partial charge in [-0.2, -0.15) is 0 Å². The molecule has 4 nitrogen and oxygen atoms in total. The summed E-state index contributed by atoms with van der Waals surface area (Å²) in [7, 11) is 5.70. The number of benzene rings is 3. The van der Waals surface area contributed by atoms with Crippen molar-refractivity contribution in [3.8, 4) is 5.75 Å². The molecule has 1 aliphatic carbocycles. The smallest absolute Gasteiger partial charge is 0.234 e. The molecule has 0 radical (unpaired) electrons. The van der Waals surface area contributed by atoms with Gasteiger partial charge in [-0.25, -0.2) is 0 Å². The predicted octanol–water partition coefficient (Wildman–Crippen LogP) is 6.07. The number of methoxy groups -OCH3 is 1. The molecule has 1 unspecified atom stereocenters. The monoisotopic (exact) mass is 448 g/mol. The second-order valence-corrected chi connectivity index (χ2v) is 8.85. The summed E-state index contributed by atoms with van der Waals surface area (Å²) in [6.07, 6.45) is 2.80. The van der Waals surface area contributed by atoms with E-state index in [0.717, 1.165) is 47.5 Å². The first-order valence-corrected chi connectivity index (χ1v) is 11.3. The summed E-state index contributed by atoms with van der Waals surface area (Å²) >= 11 is 6.56. The Bertz CT molecular complexity index is 1100. The molecule has 0 N–H and O–H groups in total. The fourth-order valence-electron chi connectivity index (χ4n) is 4.38. The van der Waals surface area contributed by atoms with Gasteiger partial charge in [-0.3, -0.25) is 4.79 Å². The van der Waals surface area contributed by atoms with Crippen LogP contribution in [0.1, 0.15) is 35.4 Å². The van der Waals surface area contributed by atoms with Crippen molar-refractivity contribution in [2.24, 2.45) is 0 Å². The highest BCUT2D eigenvalue weighted by molar-refractivity contribution is 6.33. The number of hydrogen-bond acceptors (Lipinski definition) is 3. The van der Waals surface area contributed by atoms with Crippen molar-refractivity contribution in [1.82, 2.24) is 0 Å². The van der Waals surface area contributed by atoms with E-state index in [0.29, 0.717) is 11.6 Å². The van der Waals surface area contributed by atoms with Crippen molar-refractivity contribution < 1.29 is 9.53 Å². The van der Waals surface area contributed by atoms with Crippen LogP contribution in [-0.2, 0) is 17.8 Å². The molecule has 1 atom stereocenters. The number of aryl methyl sites for hydroxylation is 1. The lowest BCUT2D eigenvalue weighted by atomic mass is 9.81. The summed E-state index contributed by atoms with van der Waals surface area (Å²) in [6, 6.07) is 22.0. The van der Waals surface area contributed by atoms with E-state index < -0.39 is 0 Å². The van der Waals surface area contributed by atoms with E-state index >= 15 is 0 Å². The number of halogens is 1. The molecule has 3 aromatic rings. The molecule has 1 amide bonds. The number of fused-ring (bicyclic) bond motifs is 1. The van der Waals surface area contributed by atoms with Crippen LogP contribution in [0.3, 0.4) is 0 Å². The zero-order valence-electron chi connectivity index (χ0n) is 18.8. The van der Waals surface area contributed by atoms with Gasteiger partial charge in [0.1, 0.15) is 5.75 Å². The molecular formula is C27H29ClN2O2. The second kappa shape index (κ2) is 9.66. The van der Waals surface area contributed by atoms with Crippen molar-refractivity contribution in [1.29, 1.82) is 0 Å². The molecule has 5 heteroatoms. The van der Waals surface area contributed by atoms with E-state index in [4.69, 9.17) is 16.3 Å². The zero-order valence-corrected chi connectivity index (χ0v) is 19.6. The third kappa shape index (κ3) is 4.61. The number of carbonyl (C=O) groups is 1. The maximum absolute atomic E-state index is 14.0. The molecular weight excluding hydrogens is 420 g/mol. The van der Waals surface area contributed by atoms with Gasteiger partial charge in [-0.05, 0) is 72.4 Å². The van der Waals surface area contributed by atoms with Gasteiger partial charge in [0.15, 0.2) is 0 Å². The van der Waals surface area contributed by atoms with E-state index in [2.05, 4.69) is 35.2 Å². The summed E-state index contributed by atoms with van der Waals surface area (Å²) in [5.74, 6) is 0.641. The normalized spacial score (nSPS) is 15.1. The standard InChI is InChI=1S/C27H29ClN2O2/c1-29(2)21-14-11-19(12-15-21)18-30(26-10-5-4-9-25(26)28)27(31)23-8-6-7-20-13-16-22(32-3)17-24(20)23/h4-5,9-17,23H,6-8,18H2,1-3H3. The number of ether oxygens (including phenoxy) is 1. The fraction of sp³-hybridized carbons (Fsp3) is 0.296. The Labute approximate surface area is 195 Å². The SMILES string of the molecule is COc1ccc2c(c1)C(C(=O)N(Cc1ccc(N(C)C)cc1)c1ccccc1Cl)CCC2. The molecule has 0 aliphatic heterocycles. The molecule has 0 fully saturated rings. The van der Waals surface area contributed by atoms with Crippen LogP contribution >= 0.6 is 11.6 Å². The van der Waals surface area contributed by atoms with Gasteiger partial charge < -0.3 is 14.5 Å². The predicted molar refractivity (Wildman–Crippen MR) is 132 cm³/mol. The number of nitrogens with zero attached hydrogens (tertiary/aromatic N) is 2. The maximum atomic E-state index is 14.0. The number of amides is 1. The van der Waals surface area contributed by atoms with Gasteiger partial charge in [0.2, 0.25) is 5.91 Å². The number of rotatable bonds is 6. The minimum atomic E-state index is -0.217. The molecule has 0 saturated heterocycles. The van der Waals surface area contributed by atoms with Crippen molar-refractivity contribution in [3.63, 3.8) is 0 Å². The highest BCUT2D eigenvalue weighted by Crippen LogP contribution is 2.38. The zero-order chi connectivity index (χ0) is 22.7. The van der Waals surface area contributed by atoms with Gasteiger partial charge >= 0.3 is 0 Å². The molecule has 0 bridgehead atoms. The average molecular weight is 449 g/mol. The van der Waals surface area contributed by atoms with E-state index in [1.54, 1.807) is 7.11 Å². The first-order valence-electron chi connectivity index (χ1n) is 11.0. The summed E-state index contributed by atoms with van der Waals surface area (Å²) in [5, 5.41) is 0.576. The molecule has 4 rings (SSSR count). The van der Waals surface area contributed by atoms with Crippen LogP contribution < -0.4 is 14.5 Å². The summed E-state index contributed by atoms with van der Waals surface area (Å²) < 4.78 is 5.45. The molecule has 3 aromatic carbocycles. The molecule has 0 heterocycles. The maximum Gasteiger partial charge on any atom is 0.234 e. The number of para-hydroxylation sites is 1. The lowest BCUT2D eigenvalue weighted by molar-refractivity contribution is -0.120. The highest BCUT2D eigenvalue weighted by atomic mass is 35.5. The summed E-state index contributed by atoms with van der Waals surface area (Å²) in [6.45, 7) is 0.464. The first-order chi connectivity index (χ1) is 15.5. The van der Waals surface area contributed by atoms with E-state index in [9.17, 15) is 4.79 Å². The highest BCUT2D eigenvalue weighted by Gasteiger charge is 2.32. The van der Waals surface area contributed by atoms with Crippen LogP contribution in [0.5, 0.6) is 5.75 Å². The van der Waals surface area contributed by atoms with Crippen molar-refractivity contribution in [3.05, 3.63) is 88.4 Å². The van der Waals surface area contributed by atoms with Gasteiger partial charge in [-0.1, -0.05) is 41.9 Å². The van der Waals surface area contributed by atoms with E-state index in [1.807, 2.05) is 55.4 Å². The van der Waals surface area contributed by atoms with Crippen LogP contribution in [0.15, 0.2) is 66.7 Å². The van der Waals surface area contributed by atoms with Crippen molar-refractivity contribution >= 4 is 28.9 Å². The third-order valence-corrected chi connectivity index (χ3v) is 6.49. The largest absolute Gasteiger partial charge is 0.497 e. The second-order valence-electron chi connectivity index (χ2n) is 8.45.